The number of benzene rings is 1. The van der Waals surface area contributed by atoms with Crippen molar-refractivity contribution in [2.75, 3.05) is 7.11 Å². The van der Waals surface area contributed by atoms with Crippen molar-refractivity contribution in [3.63, 3.8) is 0 Å². The molecule has 1 aromatic rings. The molecule has 2 rings (SSSR count). The van der Waals surface area contributed by atoms with Gasteiger partial charge >= 0.3 is 0 Å². The minimum absolute atomic E-state index is 0.104. The lowest BCUT2D eigenvalue weighted by atomic mass is 10.2. The zero-order chi connectivity index (χ0) is 10.7. The Kier molecular flexibility index (Phi) is 3.17. The van der Waals surface area contributed by atoms with Crippen LogP contribution in [0.4, 0.5) is 0 Å². The Morgan fingerprint density at radius 3 is 2.73 bits per heavy atom. The van der Waals surface area contributed by atoms with Crippen molar-refractivity contribution in [2.24, 2.45) is 0 Å². The fourth-order valence-corrected chi connectivity index (χ4v) is 3.48. The van der Waals surface area contributed by atoms with Crippen molar-refractivity contribution in [1.82, 2.24) is 0 Å². The van der Waals surface area contributed by atoms with Gasteiger partial charge in [-0.25, -0.2) is 10.9 Å². The fourth-order valence-electron chi connectivity index (χ4n) is 1.69. The molecule has 0 saturated heterocycles. The van der Waals surface area contributed by atoms with Crippen LogP contribution in [-0.2, 0) is 5.75 Å². The zero-order valence-corrected chi connectivity index (χ0v) is 10.00. The van der Waals surface area contributed by atoms with Crippen LogP contribution in [0.2, 0.25) is 0 Å². The van der Waals surface area contributed by atoms with E-state index < -0.39 is 0 Å². The van der Waals surface area contributed by atoms with Gasteiger partial charge in [0.05, 0.1) is 7.11 Å². The summed E-state index contributed by atoms with van der Waals surface area (Å²) in [5.74, 6) is 2.10. The van der Waals surface area contributed by atoms with E-state index in [4.69, 9.17) is 4.74 Å². The average molecular weight is 220 g/mol. The standard InChI is InChI=1S/C13H16OS/c1-11-6-5-9-15(11)10-12-7-3-4-8-13(12)14-2/h3-9,15H,10H2,1-2H3. The largest absolute Gasteiger partial charge is 0.496 e. The summed E-state index contributed by atoms with van der Waals surface area (Å²) in [6, 6.07) is 8.28. The third-order valence-electron chi connectivity index (χ3n) is 2.59. The second kappa shape index (κ2) is 4.58. The van der Waals surface area contributed by atoms with Crippen molar-refractivity contribution in [2.45, 2.75) is 12.7 Å². The monoisotopic (exact) mass is 220 g/mol. The Bertz CT molecular complexity index is 407. The summed E-state index contributed by atoms with van der Waals surface area (Å²) in [4.78, 5) is 1.50. The van der Waals surface area contributed by atoms with Gasteiger partial charge in [0.25, 0.3) is 0 Å². The van der Waals surface area contributed by atoms with Crippen LogP contribution in [0.1, 0.15) is 12.5 Å². The molecule has 1 aliphatic rings. The molecule has 1 heterocycles. The minimum Gasteiger partial charge on any atom is -0.496 e. The summed E-state index contributed by atoms with van der Waals surface area (Å²) >= 11 is 0. The predicted molar refractivity (Wildman–Crippen MR) is 68.6 cm³/mol. The SMILES string of the molecule is COc1ccccc1C[SH]1C=CC=C1C. The van der Waals surface area contributed by atoms with Gasteiger partial charge < -0.3 is 4.74 Å². The second-order valence-electron chi connectivity index (χ2n) is 3.59. The molecule has 0 saturated carbocycles. The molecule has 0 aliphatic carbocycles. The highest BCUT2D eigenvalue weighted by atomic mass is 32.2. The quantitative estimate of drug-likeness (QED) is 0.765. The van der Waals surface area contributed by atoms with E-state index in [0.29, 0.717) is 0 Å². The highest BCUT2D eigenvalue weighted by Crippen LogP contribution is 2.44. The molecular formula is C13H16OS. The molecule has 1 aromatic carbocycles. The molecule has 0 radical (unpaired) electrons. The van der Waals surface area contributed by atoms with Crippen LogP contribution in [0.25, 0.3) is 0 Å². The molecule has 1 atom stereocenters. The van der Waals surface area contributed by atoms with Gasteiger partial charge in [-0.2, -0.15) is 0 Å². The van der Waals surface area contributed by atoms with E-state index in [1.54, 1.807) is 7.11 Å². The van der Waals surface area contributed by atoms with Crippen molar-refractivity contribution >= 4 is 10.9 Å². The van der Waals surface area contributed by atoms with E-state index in [1.807, 2.05) is 12.1 Å². The maximum Gasteiger partial charge on any atom is 0.122 e. The molecule has 15 heavy (non-hydrogen) atoms. The second-order valence-corrected chi connectivity index (χ2v) is 5.85. The summed E-state index contributed by atoms with van der Waals surface area (Å²) in [5, 5.41) is 2.32. The van der Waals surface area contributed by atoms with E-state index in [2.05, 4.69) is 36.6 Å². The Hall–Kier alpha value is -1.15. The van der Waals surface area contributed by atoms with Crippen molar-refractivity contribution in [3.05, 3.63) is 52.3 Å². The minimum atomic E-state index is -0.104. The molecule has 2 heteroatoms. The zero-order valence-electron chi connectivity index (χ0n) is 9.10. The van der Waals surface area contributed by atoms with Gasteiger partial charge in [0.1, 0.15) is 5.75 Å². The lowest BCUT2D eigenvalue weighted by molar-refractivity contribution is 0.411. The first-order chi connectivity index (χ1) is 7.31. The number of ether oxygens (including phenoxy) is 1. The molecule has 0 spiro atoms. The van der Waals surface area contributed by atoms with E-state index >= 15 is 0 Å². The average Bonchev–Trinajstić information content (AvgIpc) is 2.65. The highest BCUT2D eigenvalue weighted by molar-refractivity contribution is 8.22. The Labute approximate surface area is 93.8 Å². The maximum atomic E-state index is 5.36. The van der Waals surface area contributed by atoms with Gasteiger partial charge in [-0.05, 0) is 23.3 Å². The van der Waals surface area contributed by atoms with Crippen molar-refractivity contribution in [1.29, 1.82) is 0 Å². The Morgan fingerprint density at radius 2 is 2.07 bits per heavy atom. The molecule has 0 amide bonds. The molecule has 1 nitrogen and oxygen atoms in total. The van der Waals surface area contributed by atoms with Crippen molar-refractivity contribution < 1.29 is 4.74 Å². The first-order valence-corrected chi connectivity index (χ1v) is 6.64. The summed E-state index contributed by atoms with van der Waals surface area (Å²) in [7, 11) is 1.63. The maximum absolute atomic E-state index is 5.36. The third-order valence-corrected chi connectivity index (χ3v) is 4.86. The van der Waals surface area contributed by atoms with Crippen LogP contribution in [0.15, 0.2) is 46.7 Å². The van der Waals surface area contributed by atoms with Crippen LogP contribution >= 0.6 is 10.9 Å². The number of methoxy groups -OCH3 is 1. The van der Waals surface area contributed by atoms with E-state index in [0.717, 1.165) is 11.5 Å². The smallest absolute Gasteiger partial charge is 0.122 e. The summed E-state index contributed by atoms with van der Waals surface area (Å²) < 4.78 is 5.36. The number of hydrogen-bond donors (Lipinski definition) is 1. The summed E-state index contributed by atoms with van der Waals surface area (Å²) in [5.41, 5.74) is 1.31. The normalized spacial score (nSPS) is 21.5. The molecule has 1 unspecified atom stereocenters. The van der Waals surface area contributed by atoms with E-state index in [-0.39, 0.29) is 10.9 Å². The Balaban J connectivity index is 2.17. The molecular weight excluding hydrogens is 204 g/mol. The molecule has 80 valence electrons. The lowest BCUT2D eigenvalue weighted by Crippen LogP contribution is -1.91. The predicted octanol–water partition coefficient (Wildman–Crippen LogP) is 3.63. The van der Waals surface area contributed by atoms with Gasteiger partial charge in [0, 0.05) is 11.3 Å². The Morgan fingerprint density at radius 1 is 1.27 bits per heavy atom. The molecule has 0 fully saturated rings. The number of thiol groups is 1. The van der Waals surface area contributed by atoms with Crippen LogP contribution in [0.3, 0.4) is 0 Å². The number of rotatable bonds is 3. The molecule has 0 bridgehead atoms. The number of allylic oxidation sites excluding steroid dienone is 3. The molecule has 0 aromatic heterocycles. The number of hydrogen-bond acceptors (Lipinski definition) is 1. The van der Waals surface area contributed by atoms with Crippen molar-refractivity contribution in [3.8, 4) is 5.75 Å². The van der Waals surface area contributed by atoms with Crippen LogP contribution < -0.4 is 4.74 Å². The third kappa shape index (κ3) is 2.26. The summed E-state index contributed by atoms with van der Waals surface area (Å²) in [6.45, 7) is 2.21. The van der Waals surface area contributed by atoms with Gasteiger partial charge in [-0.3, -0.25) is 0 Å². The summed E-state index contributed by atoms with van der Waals surface area (Å²) in [6.07, 6.45) is 4.37. The lowest BCUT2D eigenvalue weighted by Gasteiger charge is -2.16. The van der Waals surface area contributed by atoms with E-state index in [1.165, 1.54) is 10.5 Å². The van der Waals surface area contributed by atoms with Gasteiger partial charge in [0.15, 0.2) is 0 Å². The van der Waals surface area contributed by atoms with Crippen LogP contribution in [0.5, 0.6) is 5.75 Å². The molecule has 1 aliphatic heterocycles. The van der Waals surface area contributed by atoms with Gasteiger partial charge in [0.2, 0.25) is 0 Å². The fraction of sp³-hybridized carbons (Fsp3) is 0.231. The van der Waals surface area contributed by atoms with Crippen LogP contribution in [0, 0.1) is 0 Å². The molecule has 0 N–H and O–H groups in total. The first kappa shape index (κ1) is 10.4. The first-order valence-electron chi connectivity index (χ1n) is 5.05. The number of para-hydroxylation sites is 1. The van der Waals surface area contributed by atoms with E-state index in [9.17, 15) is 0 Å². The topological polar surface area (TPSA) is 9.23 Å². The van der Waals surface area contributed by atoms with Crippen LogP contribution in [-0.4, -0.2) is 7.11 Å². The highest BCUT2D eigenvalue weighted by Gasteiger charge is 2.10. The van der Waals surface area contributed by atoms with Gasteiger partial charge in [-0.1, -0.05) is 30.4 Å². The van der Waals surface area contributed by atoms with Gasteiger partial charge in [-0.15, -0.1) is 0 Å².